The number of phenolic OH excluding ortho intramolecular Hbond substituents is 1. The predicted molar refractivity (Wildman–Crippen MR) is 227 cm³/mol. The van der Waals surface area contributed by atoms with E-state index < -0.39 is 18.1 Å². The topological polar surface area (TPSA) is 135 Å². The molecule has 0 saturated carbocycles. The number of aromatic nitrogens is 2. The first kappa shape index (κ1) is 42.3. The Labute approximate surface area is 342 Å². The number of H-pyrrole nitrogens is 1. The van der Waals surface area contributed by atoms with Gasteiger partial charge in [0.25, 0.3) is 0 Å². The van der Waals surface area contributed by atoms with E-state index in [1.165, 1.54) is 30.7 Å². The minimum Gasteiger partial charge on any atom is -0.504 e. The third kappa shape index (κ3) is 10.6. The van der Waals surface area contributed by atoms with Crippen LogP contribution in [-0.4, -0.2) is 72.2 Å². The minimum absolute atomic E-state index is 0.0103. The molecule has 4 aromatic rings. The molecule has 0 spiro atoms. The normalized spacial score (nSPS) is 20.7. The fourth-order valence-electron chi connectivity index (χ4n) is 8.63. The lowest BCUT2D eigenvalue weighted by atomic mass is 9.84. The summed E-state index contributed by atoms with van der Waals surface area (Å²) in [7, 11) is 3.26. The molecule has 0 radical (unpaired) electrons. The number of rotatable bonds is 11. The number of nitrogens with zero attached hydrogens (tertiary/aromatic N) is 2. The van der Waals surface area contributed by atoms with Gasteiger partial charge in [-0.25, -0.2) is 0 Å². The molecule has 0 saturated heterocycles. The summed E-state index contributed by atoms with van der Waals surface area (Å²) in [6.07, 6.45) is 19.0. The molecule has 4 atom stereocenters. The average molecular weight is 793 g/mol. The largest absolute Gasteiger partial charge is 0.504 e. The smallest absolute Gasteiger partial charge is 0.302 e. The molecule has 0 amide bonds. The number of hydrogen-bond acceptors (Lipinski definition) is 9. The van der Waals surface area contributed by atoms with Gasteiger partial charge in [0.1, 0.15) is 23.5 Å². The van der Waals surface area contributed by atoms with Crippen LogP contribution >= 0.6 is 0 Å². The second-order valence-electron chi connectivity index (χ2n) is 15.9. The minimum atomic E-state index is -0.546. The number of anilines is 1. The Kier molecular flexibility index (Phi) is 14.5. The zero-order chi connectivity index (χ0) is 41.2. The lowest BCUT2D eigenvalue weighted by Gasteiger charge is -2.32. The van der Waals surface area contributed by atoms with Crippen molar-refractivity contribution in [2.45, 2.75) is 97.1 Å². The number of carbonyl (C=O) groups is 3. The second-order valence-corrected chi connectivity index (χ2v) is 15.9. The maximum absolute atomic E-state index is 14.2. The predicted octanol–water partition coefficient (Wildman–Crippen LogP) is 8.36. The number of esters is 1. The molecule has 11 nitrogen and oxygen atoms in total. The number of benzene rings is 2. The van der Waals surface area contributed by atoms with Crippen LogP contribution in [0.3, 0.4) is 0 Å². The van der Waals surface area contributed by atoms with Gasteiger partial charge in [0.05, 0.1) is 18.8 Å². The highest BCUT2D eigenvalue weighted by Gasteiger charge is 2.27. The van der Waals surface area contributed by atoms with Crippen LogP contribution in [0.2, 0.25) is 0 Å². The highest BCUT2D eigenvalue weighted by atomic mass is 16.5. The second kappa shape index (κ2) is 19.9. The van der Waals surface area contributed by atoms with Crippen molar-refractivity contribution in [1.29, 1.82) is 0 Å². The van der Waals surface area contributed by atoms with Crippen LogP contribution in [0.4, 0.5) is 5.69 Å². The van der Waals surface area contributed by atoms with Crippen molar-refractivity contribution in [3.05, 3.63) is 101 Å². The SMILES string of the molecule is CCC1CCC(OC(C)=O)CC(=O)CC(c2ccc(O)c(OC)c2)n2cc3cccc(c3c2)N(CCC(C)=O)C2=CC(=CCN2)C(CCCOC)Cc2c[nH]cc2C1. The van der Waals surface area contributed by atoms with Gasteiger partial charge >= 0.3 is 5.97 Å². The average Bonchev–Trinajstić information content (AvgIpc) is 3.85. The van der Waals surface area contributed by atoms with Crippen LogP contribution in [0, 0.1) is 11.8 Å². The molecule has 58 heavy (non-hydrogen) atoms. The fourth-order valence-corrected chi connectivity index (χ4v) is 8.63. The molecular weight excluding hydrogens is 733 g/mol. The molecule has 2 aliphatic heterocycles. The summed E-state index contributed by atoms with van der Waals surface area (Å²) in [4.78, 5) is 44.7. The summed E-state index contributed by atoms with van der Waals surface area (Å²) < 4.78 is 18.9. The number of ether oxygens (including phenoxy) is 3. The molecule has 4 bridgehead atoms. The number of hydrogen-bond donors (Lipinski definition) is 3. The molecule has 4 heterocycles. The van der Waals surface area contributed by atoms with Gasteiger partial charge < -0.3 is 39.1 Å². The van der Waals surface area contributed by atoms with E-state index in [1.54, 1.807) is 26.2 Å². The Bertz CT molecular complexity index is 2110. The lowest BCUT2D eigenvalue weighted by molar-refractivity contribution is -0.148. The first-order valence-corrected chi connectivity index (χ1v) is 20.8. The van der Waals surface area contributed by atoms with Crippen LogP contribution in [0.1, 0.15) is 94.9 Å². The number of aromatic amines is 1. The molecule has 11 heteroatoms. The molecule has 6 rings (SSSR count). The van der Waals surface area contributed by atoms with Crippen molar-refractivity contribution in [3.63, 3.8) is 0 Å². The summed E-state index contributed by atoms with van der Waals surface area (Å²) in [5.41, 5.74) is 5.58. The van der Waals surface area contributed by atoms with Crippen LogP contribution in [-0.2, 0) is 36.7 Å². The molecule has 0 fully saturated rings. The number of carbonyl (C=O) groups excluding carboxylic acids is 3. The number of methoxy groups -OCH3 is 2. The highest BCUT2D eigenvalue weighted by Crippen LogP contribution is 2.38. The number of phenols is 1. The molecule has 4 unspecified atom stereocenters. The van der Waals surface area contributed by atoms with Crippen molar-refractivity contribution < 1.29 is 33.7 Å². The molecule has 310 valence electrons. The van der Waals surface area contributed by atoms with E-state index in [0.717, 1.165) is 66.4 Å². The number of fused-ring (bicyclic) bond motifs is 3. The Balaban J connectivity index is 1.49. The quantitative estimate of drug-likeness (QED) is 0.101. The van der Waals surface area contributed by atoms with E-state index in [1.807, 2.05) is 12.1 Å². The number of aromatic hydroxyl groups is 1. The Morgan fingerprint density at radius 3 is 2.53 bits per heavy atom. The standard InChI is InChI=1S/C47H60N4O7/c1-6-33-12-14-41(58-32(3)53)25-40(54)26-44(36-13-15-45(55)46(23-36)57-5)50-29-37-9-7-11-43(42(37)30-50)51(19-17-31(2)52)47-24-35(16-18-49-47)34(10-8-20-56-4)22-39-28-48-27-38(39)21-33/h7,9,11,13,15-16,23-24,27-30,33-34,41,44,48-49,55H,6,8,10,12,14,17-22,25-26H2,1-5H3. The first-order chi connectivity index (χ1) is 28.1. The summed E-state index contributed by atoms with van der Waals surface area (Å²) >= 11 is 0. The third-order valence-corrected chi connectivity index (χ3v) is 11.8. The van der Waals surface area contributed by atoms with E-state index in [9.17, 15) is 19.5 Å². The van der Waals surface area contributed by atoms with E-state index in [0.29, 0.717) is 44.2 Å². The zero-order valence-electron chi connectivity index (χ0n) is 34.7. The summed E-state index contributed by atoms with van der Waals surface area (Å²) in [5, 5.41) is 16.1. The van der Waals surface area contributed by atoms with Gasteiger partial charge in [0, 0.05) is 88.6 Å². The molecule has 2 aromatic carbocycles. The van der Waals surface area contributed by atoms with Gasteiger partial charge in [-0.2, -0.15) is 0 Å². The van der Waals surface area contributed by atoms with Gasteiger partial charge in [0.2, 0.25) is 0 Å². The van der Waals surface area contributed by atoms with Gasteiger partial charge in [0.15, 0.2) is 11.5 Å². The van der Waals surface area contributed by atoms with Crippen molar-refractivity contribution in [3.8, 4) is 11.5 Å². The van der Waals surface area contributed by atoms with Gasteiger partial charge in [-0.3, -0.25) is 14.4 Å². The van der Waals surface area contributed by atoms with Crippen LogP contribution in [0.15, 0.2) is 84.7 Å². The van der Waals surface area contributed by atoms with Crippen LogP contribution in [0.5, 0.6) is 11.5 Å². The van der Waals surface area contributed by atoms with E-state index in [2.05, 4.69) is 75.8 Å². The number of Topliss-reactive ketones (excluding diaryl/α,β-unsaturated/α-hetero) is 2. The maximum atomic E-state index is 14.2. The van der Waals surface area contributed by atoms with Crippen LogP contribution < -0.4 is 15.0 Å². The number of nitrogens with one attached hydrogen (secondary N) is 2. The molecular formula is C47H60N4O7. The number of dihydropyridines is 1. The Morgan fingerprint density at radius 2 is 1.79 bits per heavy atom. The molecule has 2 aromatic heterocycles. The van der Waals surface area contributed by atoms with Gasteiger partial charge in [-0.1, -0.05) is 37.6 Å². The summed E-state index contributed by atoms with van der Waals surface area (Å²) in [5.74, 6) is 1.51. The summed E-state index contributed by atoms with van der Waals surface area (Å²) in [6, 6.07) is 10.9. The van der Waals surface area contributed by atoms with Crippen molar-refractivity contribution in [2.24, 2.45) is 11.8 Å². The van der Waals surface area contributed by atoms with Crippen LogP contribution in [0.25, 0.3) is 10.8 Å². The first-order valence-electron chi connectivity index (χ1n) is 20.8. The van der Waals surface area contributed by atoms with Crippen molar-refractivity contribution >= 4 is 34.0 Å². The third-order valence-electron chi connectivity index (χ3n) is 11.8. The Morgan fingerprint density at radius 1 is 0.983 bits per heavy atom. The maximum Gasteiger partial charge on any atom is 0.302 e. The number of ketones is 2. The number of allylic oxidation sites excluding steroid dienone is 2. The van der Waals surface area contributed by atoms with Gasteiger partial charge in [-0.05, 0) is 104 Å². The molecule has 0 aliphatic carbocycles. The fraction of sp³-hybridized carbons (Fsp3) is 0.468. The lowest BCUT2D eigenvalue weighted by Crippen LogP contribution is -2.36. The van der Waals surface area contributed by atoms with Gasteiger partial charge in [-0.15, -0.1) is 0 Å². The molecule has 3 N–H and O–H groups in total. The van der Waals surface area contributed by atoms with E-state index >= 15 is 0 Å². The molecule has 2 aliphatic rings. The van der Waals surface area contributed by atoms with Crippen molar-refractivity contribution in [2.75, 3.05) is 38.8 Å². The van der Waals surface area contributed by atoms with E-state index in [4.69, 9.17) is 14.2 Å². The van der Waals surface area contributed by atoms with Crippen molar-refractivity contribution in [1.82, 2.24) is 14.9 Å². The zero-order valence-corrected chi connectivity index (χ0v) is 34.7. The highest BCUT2D eigenvalue weighted by molar-refractivity contribution is 5.95. The van der Waals surface area contributed by atoms with E-state index in [-0.39, 0.29) is 36.1 Å². The monoisotopic (exact) mass is 792 g/mol. The summed E-state index contributed by atoms with van der Waals surface area (Å²) in [6.45, 7) is 7.05. The Hall–Kier alpha value is -5.29.